The summed E-state index contributed by atoms with van der Waals surface area (Å²) in [6.45, 7) is 6.44. The van der Waals surface area contributed by atoms with Crippen LogP contribution in [0.2, 0.25) is 0 Å². The smallest absolute Gasteiger partial charge is 0.306 e. The molecule has 0 aliphatic carbocycles. The van der Waals surface area contributed by atoms with E-state index in [0.717, 1.165) is 83.5 Å². The molecular formula is C53H92O6. The third-order valence-corrected chi connectivity index (χ3v) is 10.5. The predicted octanol–water partition coefficient (Wildman–Crippen LogP) is 16.1. The molecule has 0 aliphatic rings. The molecule has 340 valence electrons. The van der Waals surface area contributed by atoms with E-state index in [9.17, 15) is 14.4 Å². The molecule has 0 aromatic carbocycles. The fraction of sp³-hybridized carbons (Fsp3) is 0.755. The van der Waals surface area contributed by atoms with E-state index in [1.165, 1.54) is 109 Å². The van der Waals surface area contributed by atoms with Gasteiger partial charge in [0, 0.05) is 19.3 Å². The first-order valence-electron chi connectivity index (χ1n) is 24.8. The van der Waals surface area contributed by atoms with E-state index in [4.69, 9.17) is 14.2 Å². The van der Waals surface area contributed by atoms with Crippen molar-refractivity contribution in [3.63, 3.8) is 0 Å². The first-order valence-corrected chi connectivity index (χ1v) is 24.8. The number of carbonyl (C=O) groups excluding carboxylic acids is 3. The Bertz CT molecular complexity index is 1090. The van der Waals surface area contributed by atoms with Crippen molar-refractivity contribution in [2.24, 2.45) is 0 Å². The minimum absolute atomic E-state index is 0.100. The Balaban J connectivity index is 4.44. The number of rotatable bonds is 44. The molecule has 0 heterocycles. The number of carbonyl (C=O) groups is 3. The van der Waals surface area contributed by atoms with Gasteiger partial charge in [0.05, 0.1) is 0 Å². The molecule has 6 nitrogen and oxygen atoms in total. The molecule has 0 bridgehead atoms. The zero-order chi connectivity index (χ0) is 43.0. The van der Waals surface area contributed by atoms with Crippen molar-refractivity contribution in [3.05, 3.63) is 60.8 Å². The molecule has 0 aromatic rings. The summed E-state index contributed by atoms with van der Waals surface area (Å²) in [5, 5.41) is 0. The Morgan fingerprint density at radius 2 is 0.678 bits per heavy atom. The minimum atomic E-state index is -0.803. The highest BCUT2D eigenvalue weighted by molar-refractivity contribution is 5.71. The fourth-order valence-electron chi connectivity index (χ4n) is 6.75. The van der Waals surface area contributed by atoms with E-state index in [1.54, 1.807) is 0 Å². The van der Waals surface area contributed by atoms with Crippen LogP contribution >= 0.6 is 0 Å². The number of hydrogen-bond donors (Lipinski definition) is 0. The van der Waals surface area contributed by atoms with Gasteiger partial charge in [0.25, 0.3) is 0 Å². The molecule has 6 heteroatoms. The van der Waals surface area contributed by atoms with Crippen LogP contribution in [0.5, 0.6) is 0 Å². The summed E-state index contributed by atoms with van der Waals surface area (Å²) in [6, 6.07) is 0. The Morgan fingerprint density at radius 1 is 0.356 bits per heavy atom. The zero-order valence-electron chi connectivity index (χ0n) is 38.8. The molecule has 59 heavy (non-hydrogen) atoms. The summed E-state index contributed by atoms with van der Waals surface area (Å²) in [4.78, 5) is 37.8. The molecule has 0 amide bonds. The molecule has 0 fully saturated rings. The Kier molecular flexibility index (Phi) is 45.4. The second-order valence-electron chi connectivity index (χ2n) is 16.3. The van der Waals surface area contributed by atoms with E-state index in [1.807, 2.05) is 0 Å². The molecule has 0 N–H and O–H groups in total. The lowest BCUT2D eigenvalue weighted by atomic mass is 10.1. The van der Waals surface area contributed by atoms with Gasteiger partial charge in [-0.05, 0) is 96.3 Å². The molecule has 0 aliphatic heterocycles. The summed E-state index contributed by atoms with van der Waals surface area (Å²) < 4.78 is 16.7. The third kappa shape index (κ3) is 46.0. The van der Waals surface area contributed by atoms with Crippen LogP contribution in [0.25, 0.3) is 0 Å². The predicted molar refractivity (Wildman–Crippen MR) is 251 cm³/mol. The maximum Gasteiger partial charge on any atom is 0.306 e. The van der Waals surface area contributed by atoms with Crippen molar-refractivity contribution in [2.45, 2.75) is 245 Å². The summed E-state index contributed by atoms with van der Waals surface area (Å²) >= 11 is 0. The average Bonchev–Trinajstić information content (AvgIpc) is 3.23. The lowest BCUT2D eigenvalue weighted by Gasteiger charge is -2.18. The van der Waals surface area contributed by atoms with Gasteiger partial charge in [-0.25, -0.2) is 0 Å². The average molecular weight is 825 g/mol. The summed E-state index contributed by atoms with van der Waals surface area (Å²) in [6.07, 6.45) is 57.9. The van der Waals surface area contributed by atoms with Crippen LogP contribution in [0.1, 0.15) is 239 Å². The van der Waals surface area contributed by atoms with Crippen molar-refractivity contribution >= 4 is 17.9 Å². The van der Waals surface area contributed by atoms with Crippen LogP contribution < -0.4 is 0 Å². The first-order chi connectivity index (χ1) is 29.0. The highest BCUT2D eigenvalue weighted by Gasteiger charge is 2.19. The highest BCUT2D eigenvalue weighted by Crippen LogP contribution is 2.13. The molecule has 0 rings (SSSR count). The number of allylic oxidation sites excluding steroid dienone is 10. The van der Waals surface area contributed by atoms with Crippen molar-refractivity contribution in [1.82, 2.24) is 0 Å². The Hall–Kier alpha value is -2.89. The highest BCUT2D eigenvalue weighted by atomic mass is 16.6. The van der Waals surface area contributed by atoms with E-state index in [2.05, 4.69) is 81.5 Å². The molecule has 0 spiro atoms. The van der Waals surface area contributed by atoms with Crippen molar-refractivity contribution < 1.29 is 28.6 Å². The van der Waals surface area contributed by atoms with Gasteiger partial charge in [-0.3, -0.25) is 14.4 Å². The van der Waals surface area contributed by atoms with Gasteiger partial charge in [0.15, 0.2) is 6.10 Å². The molecule has 1 atom stereocenters. The van der Waals surface area contributed by atoms with Crippen LogP contribution in [0.4, 0.5) is 0 Å². The molecule has 0 aromatic heterocycles. The van der Waals surface area contributed by atoms with Gasteiger partial charge < -0.3 is 14.2 Å². The number of hydrogen-bond acceptors (Lipinski definition) is 6. The first kappa shape index (κ1) is 56.1. The summed E-state index contributed by atoms with van der Waals surface area (Å²) in [5.74, 6) is -0.980. The van der Waals surface area contributed by atoms with Crippen molar-refractivity contribution in [3.8, 4) is 0 Å². The van der Waals surface area contributed by atoms with Gasteiger partial charge in [0.1, 0.15) is 13.2 Å². The van der Waals surface area contributed by atoms with Gasteiger partial charge in [-0.15, -0.1) is 0 Å². The summed E-state index contributed by atoms with van der Waals surface area (Å²) in [5.41, 5.74) is 0. The minimum Gasteiger partial charge on any atom is -0.462 e. The van der Waals surface area contributed by atoms with E-state index < -0.39 is 6.10 Å². The monoisotopic (exact) mass is 825 g/mol. The maximum atomic E-state index is 12.7. The number of esters is 3. The van der Waals surface area contributed by atoms with E-state index in [-0.39, 0.29) is 37.5 Å². The van der Waals surface area contributed by atoms with Crippen LogP contribution in [0.3, 0.4) is 0 Å². The molecule has 0 saturated heterocycles. The largest absolute Gasteiger partial charge is 0.462 e. The van der Waals surface area contributed by atoms with E-state index in [0.29, 0.717) is 19.3 Å². The second-order valence-corrected chi connectivity index (χ2v) is 16.3. The quantitative estimate of drug-likeness (QED) is 0.0263. The van der Waals surface area contributed by atoms with Crippen LogP contribution in [-0.2, 0) is 28.6 Å². The topological polar surface area (TPSA) is 78.9 Å². The number of ether oxygens (including phenoxy) is 3. The van der Waals surface area contributed by atoms with Gasteiger partial charge in [0.2, 0.25) is 0 Å². The third-order valence-electron chi connectivity index (χ3n) is 10.5. The SMILES string of the molecule is CC/C=C\C/C=C\C/C=C\CCCC(=O)OCC(COC(=O)CCCCCCC/C=C\CCCCCCCCC)OC(=O)CCCCC/C=C\CCCCCCCCC. The van der Waals surface area contributed by atoms with E-state index >= 15 is 0 Å². The van der Waals surface area contributed by atoms with Crippen LogP contribution in [0, 0.1) is 0 Å². The molecular weight excluding hydrogens is 733 g/mol. The van der Waals surface area contributed by atoms with Gasteiger partial charge in [-0.1, -0.05) is 184 Å². The lowest BCUT2D eigenvalue weighted by Crippen LogP contribution is -2.30. The normalized spacial score (nSPS) is 12.5. The maximum absolute atomic E-state index is 12.7. The Labute approximate surface area is 364 Å². The lowest BCUT2D eigenvalue weighted by molar-refractivity contribution is -0.167. The standard InChI is InChI=1S/C53H92O6/c1-4-7-10-13-16-19-22-24-26-27-29-31-34-37-40-43-46-52(55)58-49-50(48-57-51(54)45-42-39-36-33-30-21-18-15-12-9-6-3)59-53(56)47-44-41-38-35-32-28-25-23-20-17-14-11-8-5-2/h9,12,18,21,26-28,32-33,36,50H,4-8,10-11,13-17,19-20,22-25,29-31,34-35,37-49H2,1-3H3/b12-9-,21-18-,27-26-,32-28-,36-33-. The Morgan fingerprint density at radius 3 is 1.14 bits per heavy atom. The van der Waals surface area contributed by atoms with Crippen molar-refractivity contribution in [1.29, 1.82) is 0 Å². The summed E-state index contributed by atoms with van der Waals surface area (Å²) in [7, 11) is 0. The van der Waals surface area contributed by atoms with Crippen LogP contribution in [-0.4, -0.2) is 37.2 Å². The molecule has 0 radical (unpaired) electrons. The zero-order valence-corrected chi connectivity index (χ0v) is 38.8. The van der Waals surface area contributed by atoms with Gasteiger partial charge in [-0.2, -0.15) is 0 Å². The number of unbranched alkanes of at least 4 members (excludes halogenated alkanes) is 23. The van der Waals surface area contributed by atoms with Gasteiger partial charge >= 0.3 is 17.9 Å². The molecule has 1 unspecified atom stereocenters. The van der Waals surface area contributed by atoms with Crippen molar-refractivity contribution in [2.75, 3.05) is 13.2 Å². The molecule has 0 saturated carbocycles. The fourth-order valence-corrected chi connectivity index (χ4v) is 6.75. The van der Waals surface area contributed by atoms with Crippen LogP contribution in [0.15, 0.2) is 60.8 Å². The second kappa shape index (κ2) is 47.8.